The molecular weight excluding hydrogens is 264 g/mol. The van der Waals surface area contributed by atoms with Crippen molar-refractivity contribution in [1.29, 1.82) is 0 Å². The number of amides is 2. The first-order valence-corrected chi connectivity index (χ1v) is 8.14. The summed E-state index contributed by atoms with van der Waals surface area (Å²) >= 11 is 1.79. The molecule has 19 heavy (non-hydrogen) atoms. The number of nitrogens with zero attached hydrogens (tertiary/aromatic N) is 2. The lowest BCUT2D eigenvalue weighted by Crippen LogP contribution is -2.40. The van der Waals surface area contributed by atoms with Crippen LogP contribution in [0.25, 0.3) is 0 Å². The van der Waals surface area contributed by atoms with Crippen molar-refractivity contribution in [3.05, 3.63) is 0 Å². The Kier molecular flexibility index (Phi) is 7.05. The zero-order valence-electron chi connectivity index (χ0n) is 11.8. The lowest BCUT2D eigenvalue weighted by molar-refractivity contribution is -0.137. The summed E-state index contributed by atoms with van der Waals surface area (Å²) in [6, 6.07) is 0.0823. The Balaban J connectivity index is 2.28. The number of hydrogen-bond acceptors (Lipinski definition) is 3. The van der Waals surface area contributed by atoms with E-state index in [2.05, 4.69) is 6.26 Å². The van der Waals surface area contributed by atoms with Crippen molar-refractivity contribution in [3.63, 3.8) is 0 Å². The predicted octanol–water partition coefficient (Wildman–Crippen LogP) is 1.98. The summed E-state index contributed by atoms with van der Waals surface area (Å²) in [6.07, 6.45) is 4.89. The Morgan fingerprint density at radius 1 is 1.47 bits per heavy atom. The van der Waals surface area contributed by atoms with E-state index in [1.54, 1.807) is 16.7 Å². The molecule has 0 radical (unpaired) electrons. The Bertz CT molecular complexity index is 312. The molecule has 1 atom stereocenters. The SMILES string of the molecule is CSCCCN(C)C(=O)N1CCC(CCC(=O)O)C1. The fraction of sp³-hybridized carbons (Fsp3) is 0.846. The van der Waals surface area contributed by atoms with Gasteiger partial charge in [0.1, 0.15) is 0 Å². The third-order valence-corrected chi connectivity index (χ3v) is 4.19. The monoisotopic (exact) mass is 288 g/mol. The van der Waals surface area contributed by atoms with E-state index in [4.69, 9.17) is 5.11 Å². The van der Waals surface area contributed by atoms with Crippen LogP contribution in [0.4, 0.5) is 4.79 Å². The number of urea groups is 1. The Morgan fingerprint density at radius 3 is 2.84 bits per heavy atom. The van der Waals surface area contributed by atoms with Crippen LogP contribution in [0.5, 0.6) is 0 Å². The molecule has 0 bridgehead atoms. The second kappa shape index (κ2) is 8.30. The van der Waals surface area contributed by atoms with Gasteiger partial charge in [0, 0.05) is 33.1 Å². The number of carboxylic acids is 1. The van der Waals surface area contributed by atoms with E-state index in [1.807, 2.05) is 11.9 Å². The quantitative estimate of drug-likeness (QED) is 0.728. The smallest absolute Gasteiger partial charge is 0.319 e. The molecule has 1 saturated heterocycles. The van der Waals surface area contributed by atoms with Crippen LogP contribution in [0.15, 0.2) is 0 Å². The molecule has 1 rings (SSSR count). The Labute approximate surface area is 119 Å². The highest BCUT2D eigenvalue weighted by Gasteiger charge is 2.27. The highest BCUT2D eigenvalue weighted by molar-refractivity contribution is 7.98. The van der Waals surface area contributed by atoms with Gasteiger partial charge >= 0.3 is 12.0 Å². The van der Waals surface area contributed by atoms with Gasteiger partial charge in [0.15, 0.2) is 0 Å². The van der Waals surface area contributed by atoms with Crippen molar-refractivity contribution in [1.82, 2.24) is 9.80 Å². The maximum absolute atomic E-state index is 12.2. The number of aliphatic carboxylic acids is 1. The topological polar surface area (TPSA) is 60.9 Å². The first-order valence-electron chi connectivity index (χ1n) is 6.75. The number of carbonyl (C=O) groups is 2. The van der Waals surface area contributed by atoms with E-state index in [-0.39, 0.29) is 12.5 Å². The summed E-state index contributed by atoms with van der Waals surface area (Å²) in [5.41, 5.74) is 0. The summed E-state index contributed by atoms with van der Waals surface area (Å²) < 4.78 is 0. The maximum Gasteiger partial charge on any atom is 0.319 e. The van der Waals surface area contributed by atoms with Crippen LogP contribution < -0.4 is 0 Å². The minimum Gasteiger partial charge on any atom is -0.481 e. The Hall–Kier alpha value is -0.910. The van der Waals surface area contributed by atoms with Gasteiger partial charge < -0.3 is 14.9 Å². The van der Waals surface area contributed by atoms with Gasteiger partial charge in [-0.05, 0) is 37.2 Å². The third kappa shape index (κ3) is 5.72. The molecule has 0 aromatic carbocycles. The summed E-state index contributed by atoms with van der Waals surface area (Å²) in [6.45, 7) is 2.25. The molecule has 1 fully saturated rings. The van der Waals surface area contributed by atoms with Gasteiger partial charge in [0.2, 0.25) is 0 Å². The zero-order valence-corrected chi connectivity index (χ0v) is 12.6. The molecule has 5 nitrogen and oxygen atoms in total. The van der Waals surface area contributed by atoms with Gasteiger partial charge in [0.05, 0.1) is 0 Å². The molecule has 1 aliphatic rings. The number of hydrogen-bond donors (Lipinski definition) is 1. The van der Waals surface area contributed by atoms with Crippen molar-refractivity contribution < 1.29 is 14.7 Å². The van der Waals surface area contributed by atoms with Gasteiger partial charge in [-0.3, -0.25) is 4.79 Å². The maximum atomic E-state index is 12.2. The van der Waals surface area contributed by atoms with Crippen molar-refractivity contribution in [2.24, 2.45) is 5.92 Å². The summed E-state index contributed by atoms with van der Waals surface area (Å²) in [5.74, 6) is 0.664. The lowest BCUT2D eigenvalue weighted by Gasteiger charge is -2.24. The van der Waals surface area contributed by atoms with Crippen LogP contribution in [-0.4, -0.2) is 65.6 Å². The van der Waals surface area contributed by atoms with Crippen molar-refractivity contribution in [3.8, 4) is 0 Å². The van der Waals surface area contributed by atoms with Gasteiger partial charge in [-0.15, -0.1) is 0 Å². The minimum atomic E-state index is -0.751. The van der Waals surface area contributed by atoms with Gasteiger partial charge in [-0.2, -0.15) is 11.8 Å². The first-order chi connectivity index (χ1) is 9.04. The molecule has 0 aliphatic carbocycles. The molecule has 0 spiro atoms. The molecule has 0 aromatic heterocycles. The molecule has 1 unspecified atom stereocenters. The van der Waals surface area contributed by atoms with Gasteiger partial charge in [-0.25, -0.2) is 4.79 Å². The number of rotatable bonds is 7. The van der Waals surface area contributed by atoms with Crippen molar-refractivity contribution >= 4 is 23.8 Å². The van der Waals surface area contributed by atoms with Crippen LogP contribution in [0, 0.1) is 5.92 Å². The normalized spacial score (nSPS) is 18.6. The van der Waals surface area contributed by atoms with E-state index >= 15 is 0 Å². The molecule has 2 amide bonds. The van der Waals surface area contributed by atoms with Gasteiger partial charge in [0.25, 0.3) is 0 Å². The molecule has 0 aromatic rings. The molecule has 1 N–H and O–H groups in total. The molecule has 1 heterocycles. The molecular formula is C13H24N2O3S. The van der Waals surface area contributed by atoms with E-state index < -0.39 is 5.97 Å². The largest absolute Gasteiger partial charge is 0.481 e. The van der Waals surface area contributed by atoms with Crippen molar-refractivity contribution in [2.75, 3.05) is 38.7 Å². The lowest BCUT2D eigenvalue weighted by atomic mass is 10.0. The minimum absolute atomic E-state index is 0.0823. The van der Waals surface area contributed by atoms with E-state index in [1.165, 1.54) is 0 Å². The number of thioether (sulfide) groups is 1. The number of carbonyl (C=O) groups excluding carboxylic acids is 1. The Morgan fingerprint density at radius 2 is 2.21 bits per heavy atom. The van der Waals surface area contributed by atoms with Crippen LogP contribution in [0.2, 0.25) is 0 Å². The van der Waals surface area contributed by atoms with Crippen LogP contribution in [-0.2, 0) is 4.79 Å². The van der Waals surface area contributed by atoms with Crippen LogP contribution in [0.1, 0.15) is 25.7 Å². The van der Waals surface area contributed by atoms with E-state index in [0.29, 0.717) is 18.9 Å². The molecule has 0 saturated carbocycles. The fourth-order valence-electron chi connectivity index (χ4n) is 2.35. The molecule has 6 heteroatoms. The fourth-order valence-corrected chi connectivity index (χ4v) is 2.77. The third-order valence-electron chi connectivity index (χ3n) is 3.49. The number of likely N-dealkylation sites (tertiary alicyclic amines) is 1. The van der Waals surface area contributed by atoms with Gasteiger partial charge in [-0.1, -0.05) is 0 Å². The second-order valence-corrected chi connectivity index (χ2v) is 6.07. The van der Waals surface area contributed by atoms with E-state index in [9.17, 15) is 9.59 Å². The zero-order chi connectivity index (χ0) is 14.3. The van der Waals surface area contributed by atoms with Crippen LogP contribution >= 0.6 is 11.8 Å². The average molecular weight is 288 g/mol. The summed E-state index contributed by atoms with van der Waals surface area (Å²) in [4.78, 5) is 26.3. The molecule has 1 aliphatic heterocycles. The number of carboxylic acid groups (broad SMARTS) is 1. The standard InChI is InChI=1S/C13H24N2O3S/c1-14(7-3-9-19-2)13(18)15-8-6-11(10-15)4-5-12(16)17/h11H,3-10H2,1-2H3,(H,16,17). The van der Waals surface area contributed by atoms with Crippen molar-refractivity contribution in [2.45, 2.75) is 25.7 Å². The van der Waals surface area contributed by atoms with Crippen LogP contribution in [0.3, 0.4) is 0 Å². The summed E-state index contributed by atoms with van der Waals surface area (Å²) in [7, 11) is 1.84. The first kappa shape index (κ1) is 16.1. The highest BCUT2D eigenvalue weighted by atomic mass is 32.2. The average Bonchev–Trinajstić information content (AvgIpc) is 2.84. The summed E-state index contributed by atoms with van der Waals surface area (Å²) in [5, 5.41) is 8.67. The van der Waals surface area contributed by atoms with E-state index in [0.717, 1.165) is 31.7 Å². The molecule has 110 valence electrons. The second-order valence-electron chi connectivity index (χ2n) is 5.08. The predicted molar refractivity (Wildman–Crippen MR) is 77.6 cm³/mol. The highest BCUT2D eigenvalue weighted by Crippen LogP contribution is 2.21.